The smallest absolute Gasteiger partial charge is 0.341 e. The highest BCUT2D eigenvalue weighted by Crippen LogP contribution is 2.28. The van der Waals surface area contributed by atoms with Crippen molar-refractivity contribution in [3.63, 3.8) is 0 Å². The number of fused-ring (bicyclic) bond motifs is 1. The van der Waals surface area contributed by atoms with Gasteiger partial charge in [-0.05, 0) is 37.3 Å². The number of ether oxygens (including phenoxy) is 4. The maximum Gasteiger partial charge on any atom is 0.341 e. The number of methoxy groups -OCH3 is 2. The molecule has 182 valence electrons. The number of esters is 1. The Morgan fingerprint density at radius 2 is 1.86 bits per heavy atom. The van der Waals surface area contributed by atoms with E-state index in [4.69, 9.17) is 18.9 Å². The molecule has 1 N–H and O–H groups in total. The van der Waals surface area contributed by atoms with Crippen LogP contribution in [0, 0.1) is 6.92 Å². The maximum atomic E-state index is 11.8. The molecule has 0 fully saturated rings. The van der Waals surface area contributed by atoms with E-state index in [2.05, 4.69) is 15.0 Å². The minimum absolute atomic E-state index is 0.355. The summed E-state index contributed by atoms with van der Waals surface area (Å²) in [6.07, 6.45) is 2.45. The number of carbonyl (C=O) groups is 1. The van der Waals surface area contributed by atoms with Gasteiger partial charge < -0.3 is 23.9 Å². The number of rotatable bonds is 11. The molecule has 0 unspecified atom stereocenters. The summed E-state index contributed by atoms with van der Waals surface area (Å²) in [7, 11) is 2.83. The molecule has 0 aliphatic rings. The van der Waals surface area contributed by atoms with Gasteiger partial charge in [0.05, 0.1) is 44.2 Å². The minimum atomic E-state index is -0.454. The van der Waals surface area contributed by atoms with Crippen molar-refractivity contribution in [3.05, 3.63) is 71.5 Å². The van der Waals surface area contributed by atoms with E-state index in [1.807, 2.05) is 37.3 Å². The molecule has 2 heterocycles. The molecule has 4 rings (SSSR count). The van der Waals surface area contributed by atoms with E-state index in [0.29, 0.717) is 42.4 Å². The second-order valence-corrected chi connectivity index (χ2v) is 8.60. The Balaban J connectivity index is 1.26. The van der Waals surface area contributed by atoms with Crippen molar-refractivity contribution < 1.29 is 23.7 Å². The van der Waals surface area contributed by atoms with Crippen molar-refractivity contribution >= 4 is 28.8 Å². The molecule has 9 heteroatoms. The van der Waals surface area contributed by atoms with E-state index < -0.39 is 5.97 Å². The Morgan fingerprint density at radius 1 is 1.03 bits per heavy atom. The molecule has 0 spiro atoms. The zero-order valence-corrected chi connectivity index (χ0v) is 20.7. The van der Waals surface area contributed by atoms with Crippen molar-refractivity contribution in [1.29, 1.82) is 0 Å². The van der Waals surface area contributed by atoms with Gasteiger partial charge in [0.15, 0.2) is 5.16 Å². The van der Waals surface area contributed by atoms with E-state index in [1.165, 1.54) is 14.2 Å². The molecule has 0 aliphatic carbocycles. The van der Waals surface area contributed by atoms with Crippen LogP contribution in [0.5, 0.6) is 17.2 Å². The van der Waals surface area contributed by atoms with Gasteiger partial charge in [0.25, 0.3) is 0 Å². The van der Waals surface area contributed by atoms with Gasteiger partial charge in [0.1, 0.15) is 22.8 Å². The van der Waals surface area contributed by atoms with Gasteiger partial charge in [-0.15, -0.1) is 0 Å². The number of aromatic amines is 1. The summed E-state index contributed by atoms with van der Waals surface area (Å²) in [6.45, 7) is 2.97. The zero-order chi connectivity index (χ0) is 24.6. The van der Waals surface area contributed by atoms with Crippen LogP contribution < -0.4 is 14.2 Å². The first kappa shape index (κ1) is 24.4. The summed E-state index contributed by atoms with van der Waals surface area (Å²) in [5.74, 6) is 2.06. The average molecular weight is 494 g/mol. The van der Waals surface area contributed by atoms with Crippen LogP contribution in [-0.4, -0.2) is 48.4 Å². The quantitative estimate of drug-likeness (QED) is 0.173. The monoisotopic (exact) mass is 493 g/mol. The number of para-hydroxylation sites is 2. The SMILES string of the molecule is COC(=O)c1ccc(OCCCOc2ccnc(CSc3nc4ccccc4[nH]3)c2C)cc1OC. The van der Waals surface area contributed by atoms with Crippen LogP contribution >= 0.6 is 11.8 Å². The summed E-state index contributed by atoms with van der Waals surface area (Å²) in [4.78, 5) is 24.2. The number of hydrogen-bond donors (Lipinski definition) is 1. The first-order chi connectivity index (χ1) is 17.1. The van der Waals surface area contributed by atoms with E-state index in [0.717, 1.165) is 33.2 Å². The fourth-order valence-electron chi connectivity index (χ4n) is 3.47. The molecule has 0 atom stereocenters. The first-order valence-corrected chi connectivity index (χ1v) is 12.1. The maximum absolute atomic E-state index is 11.8. The largest absolute Gasteiger partial charge is 0.496 e. The van der Waals surface area contributed by atoms with Crippen molar-refractivity contribution in [2.75, 3.05) is 27.4 Å². The number of thioether (sulfide) groups is 1. The molecular weight excluding hydrogens is 466 g/mol. The lowest BCUT2D eigenvalue weighted by atomic mass is 10.2. The van der Waals surface area contributed by atoms with E-state index >= 15 is 0 Å². The molecule has 0 saturated heterocycles. The summed E-state index contributed by atoms with van der Waals surface area (Å²) in [5.41, 5.74) is 4.31. The Labute approximate surface area is 208 Å². The van der Waals surface area contributed by atoms with E-state index in [1.54, 1.807) is 36.2 Å². The van der Waals surface area contributed by atoms with Crippen LogP contribution in [0.2, 0.25) is 0 Å². The number of nitrogens with one attached hydrogen (secondary N) is 1. The van der Waals surface area contributed by atoms with Crippen LogP contribution in [0.3, 0.4) is 0 Å². The summed E-state index contributed by atoms with van der Waals surface area (Å²) < 4.78 is 21.8. The fourth-order valence-corrected chi connectivity index (χ4v) is 4.38. The Morgan fingerprint density at radius 3 is 2.66 bits per heavy atom. The second kappa shape index (κ2) is 11.6. The predicted octanol–water partition coefficient (Wildman–Crippen LogP) is 5.20. The van der Waals surface area contributed by atoms with Gasteiger partial charge in [0, 0.05) is 30.0 Å². The Hall–Kier alpha value is -3.72. The van der Waals surface area contributed by atoms with Crippen molar-refractivity contribution in [2.24, 2.45) is 0 Å². The summed E-state index contributed by atoms with van der Waals surface area (Å²) >= 11 is 1.61. The molecule has 8 nitrogen and oxygen atoms in total. The molecular formula is C26H27N3O5S. The zero-order valence-electron chi connectivity index (χ0n) is 19.9. The second-order valence-electron chi connectivity index (χ2n) is 7.63. The van der Waals surface area contributed by atoms with Crippen LogP contribution in [0.25, 0.3) is 11.0 Å². The van der Waals surface area contributed by atoms with E-state index in [-0.39, 0.29) is 0 Å². The average Bonchev–Trinajstić information content (AvgIpc) is 3.31. The highest BCUT2D eigenvalue weighted by Gasteiger charge is 2.14. The molecule has 0 amide bonds. The number of hydrogen-bond acceptors (Lipinski definition) is 8. The number of carbonyl (C=O) groups excluding carboxylic acids is 1. The van der Waals surface area contributed by atoms with Gasteiger partial charge >= 0.3 is 5.97 Å². The molecule has 2 aromatic heterocycles. The molecule has 0 aliphatic heterocycles. The van der Waals surface area contributed by atoms with Crippen molar-refractivity contribution in [3.8, 4) is 17.2 Å². The fraction of sp³-hybridized carbons (Fsp3) is 0.269. The topological polar surface area (TPSA) is 95.6 Å². The van der Waals surface area contributed by atoms with Gasteiger partial charge in [-0.25, -0.2) is 9.78 Å². The molecule has 4 aromatic rings. The lowest BCUT2D eigenvalue weighted by Gasteiger charge is -2.13. The van der Waals surface area contributed by atoms with Crippen molar-refractivity contribution in [2.45, 2.75) is 24.3 Å². The third kappa shape index (κ3) is 6.05. The normalized spacial score (nSPS) is 10.8. The van der Waals surface area contributed by atoms with Crippen LogP contribution in [-0.2, 0) is 10.5 Å². The third-order valence-corrected chi connectivity index (χ3v) is 6.25. The van der Waals surface area contributed by atoms with Crippen LogP contribution in [0.1, 0.15) is 28.0 Å². The molecule has 0 saturated carbocycles. The van der Waals surface area contributed by atoms with Gasteiger partial charge in [0.2, 0.25) is 0 Å². The highest BCUT2D eigenvalue weighted by atomic mass is 32.2. The molecule has 35 heavy (non-hydrogen) atoms. The standard InChI is InChI=1S/C26H27N3O5S/c1-17-22(16-35-26-28-20-7-4-5-8-21(20)29-26)27-12-11-23(17)34-14-6-13-33-18-9-10-19(25(30)32-3)24(15-18)31-2/h4-5,7-12,15H,6,13-14,16H2,1-3H3,(H,28,29). The highest BCUT2D eigenvalue weighted by molar-refractivity contribution is 7.98. The summed E-state index contributed by atoms with van der Waals surface area (Å²) in [5, 5.41) is 0.868. The molecule has 2 aromatic carbocycles. The summed E-state index contributed by atoms with van der Waals surface area (Å²) in [6, 6.07) is 14.9. The first-order valence-electron chi connectivity index (χ1n) is 11.1. The predicted molar refractivity (Wildman–Crippen MR) is 135 cm³/mol. The Bertz CT molecular complexity index is 1270. The number of pyridine rings is 1. The van der Waals surface area contributed by atoms with Gasteiger partial charge in [-0.3, -0.25) is 4.98 Å². The lowest BCUT2D eigenvalue weighted by molar-refractivity contribution is 0.0597. The van der Waals surface area contributed by atoms with Crippen LogP contribution in [0.15, 0.2) is 59.9 Å². The third-order valence-electron chi connectivity index (χ3n) is 5.37. The van der Waals surface area contributed by atoms with E-state index in [9.17, 15) is 4.79 Å². The van der Waals surface area contributed by atoms with Crippen LogP contribution in [0.4, 0.5) is 0 Å². The van der Waals surface area contributed by atoms with Crippen molar-refractivity contribution in [1.82, 2.24) is 15.0 Å². The van der Waals surface area contributed by atoms with Gasteiger partial charge in [-0.1, -0.05) is 23.9 Å². The minimum Gasteiger partial charge on any atom is -0.496 e. The Kier molecular flexibility index (Phi) is 8.10. The number of benzene rings is 2. The molecule has 0 bridgehead atoms. The number of aromatic nitrogens is 3. The number of imidazole rings is 1. The number of H-pyrrole nitrogens is 1. The van der Waals surface area contributed by atoms with Gasteiger partial charge in [-0.2, -0.15) is 0 Å². The lowest BCUT2D eigenvalue weighted by Crippen LogP contribution is -2.07. The molecule has 0 radical (unpaired) electrons. The number of nitrogens with zero attached hydrogens (tertiary/aromatic N) is 2.